The van der Waals surface area contributed by atoms with E-state index in [1.54, 1.807) is 0 Å². The smallest absolute Gasteiger partial charge is 0.404 e. The number of ether oxygens (including phenoxy) is 1. The highest BCUT2D eigenvalue weighted by Gasteiger charge is 2.14. The fourth-order valence-corrected chi connectivity index (χ4v) is 2.29. The predicted octanol–water partition coefficient (Wildman–Crippen LogP) is 4.16. The molecule has 0 aromatic heterocycles. The van der Waals surface area contributed by atoms with E-state index in [1.165, 1.54) is 0 Å². The second-order valence-corrected chi connectivity index (χ2v) is 5.16. The number of carbonyl (C=O) groups is 1. The lowest BCUT2D eigenvalue weighted by Gasteiger charge is -2.21. The normalized spacial score (nSPS) is 11.7. The minimum Gasteiger partial charge on any atom is -0.485 e. The Bertz CT molecular complexity index is 598. The van der Waals surface area contributed by atoms with Crippen LogP contribution in [0.15, 0.2) is 54.6 Å². The summed E-state index contributed by atoms with van der Waals surface area (Å²) in [5, 5.41) is 11.0. The van der Waals surface area contributed by atoms with Crippen LogP contribution in [0.3, 0.4) is 0 Å². The molecule has 22 heavy (non-hydrogen) atoms. The maximum atomic E-state index is 10.5. The van der Waals surface area contributed by atoms with Crippen molar-refractivity contribution in [3.8, 4) is 5.75 Å². The fraction of sp³-hybridized carbons (Fsp3) is 0.278. The first kappa shape index (κ1) is 15.9. The minimum absolute atomic E-state index is 0.0853. The monoisotopic (exact) mass is 299 g/mol. The number of hydrogen-bond donors (Lipinski definition) is 2. The average molecular weight is 299 g/mol. The highest BCUT2D eigenvalue weighted by molar-refractivity contribution is 5.64. The summed E-state index contributed by atoms with van der Waals surface area (Å²) in [5.74, 6) is 0.863. The molecule has 0 saturated heterocycles. The lowest BCUT2D eigenvalue weighted by atomic mass is 10.0. The predicted molar refractivity (Wildman–Crippen MR) is 86.3 cm³/mol. The Balaban J connectivity index is 2.05. The molecule has 0 saturated carbocycles. The summed E-state index contributed by atoms with van der Waals surface area (Å²) in [6, 6.07) is 17.9. The van der Waals surface area contributed by atoms with E-state index >= 15 is 0 Å². The highest BCUT2D eigenvalue weighted by atomic mass is 16.5. The Morgan fingerprint density at radius 2 is 1.82 bits per heavy atom. The molecule has 2 aromatic rings. The van der Waals surface area contributed by atoms with Crippen molar-refractivity contribution in [2.75, 3.05) is 6.54 Å². The van der Waals surface area contributed by atoms with Crippen molar-refractivity contribution in [3.05, 3.63) is 65.7 Å². The van der Waals surface area contributed by atoms with Gasteiger partial charge in [0.15, 0.2) is 0 Å². The summed E-state index contributed by atoms with van der Waals surface area (Å²) >= 11 is 0. The van der Waals surface area contributed by atoms with Crippen molar-refractivity contribution in [3.63, 3.8) is 0 Å². The van der Waals surface area contributed by atoms with Crippen molar-refractivity contribution < 1.29 is 14.6 Å². The van der Waals surface area contributed by atoms with E-state index in [4.69, 9.17) is 9.84 Å². The third kappa shape index (κ3) is 4.81. The molecule has 0 heterocycles. The van der Waals surface area contributed by atoms with Crippen molar-refractivity contribution in [2.45, 2.75) is 25.9 Å². The molecule has 0 fully saturated rings. The molecule has 0 aliphatic heterocycles. The van der Waals surface area contributed by atoms with Gasteiger partial charge in [-0.05, 0) is 37.0 Å². The van der Waals surface area contributed by atoms with E-state index in [1.807, 2.05) is 61.5 Å². The van der Waals surface area contributed by atoms with Gasteiger partial charge in [-0.1, -0.05) is 48.5 Å². The molecule has 0 spiro atoms. The fourth-order valence-electron chi connectivity index (χ4n) is 2.29. The van der Waals surface area contributed by atoms with Gasteiger partial charge in [-0.2, -0.15) is 0 Å². The summed E-state index contributed by atoms with van der Waals surface area (Å²) in [7, 11) is 0. The zero-order chi connectivity index (χ0) is 15.8. The number of aryl methyl sites for hydroxylation is 1. The number of carboxylic acid groups (broad SMARTS) is 1. The summed E-state index contributed by atoms with van der Waals surface area (Å²) in [4.78, 5) is 10.5. The first-order chi connectivity index (χ1) is 10.7. The molecule has 4 heteroatoms. The molecule has 116 valence electrons. The first-order valence-corrected chi connectivity index (χ1v) is 7.41. The van der Waals surface area contributed by atoms with Gasteiger partial charge in [-0.15, -0.1) is 0 Å². The molecular formula is C18H21NO3. The molecule has 2 N–H and O–H groups in total. The molecule has 0 bridgehead atoms. The van der Waals surface area contributed by atoms with Crippen LogP contribution in [0, 0.1) is 6.92 Å². The molecule has 1 unspecified atom stereocenters. The van der Waals surface area contributed by atoms with Gasteiger partial charge in [0.05, 0.1) is 0 Å². The Hall–Kier alpha value is -2.49. The molecule has 2 rings (SSSR count). The second kappa shape index (κ2) is 8.08. The summed E-state index contributed by atoms with van der Waals surface area (Å²) in [5.41, 5.74) is 2.19. The second-order valence-electron chi connectivity index (χ2n) is 5.16. The van der Waals surface area contributed by atoms with Crippen LogP contribution in [0.4, 0.5) is 4.79 Å². The lowest BCUT2D eigenvalue weighted by Crippen LogP contribution is -2.22. The number of hydrogen-bond acceptors (Lipinski definition) is 2. The quantitative estimate of drug-likeness (QED) is 0.755. The number of amides is 1. The van der Waals surface area contributed by atoms with Crippen molar-refractivity contribution in [1.29, 1.82) is 0 Å². The average Bonchev–Trinajstić information content (AvgIpc) is 2.53. The molecule has 1 amide bonds. The molecule has 1 atom stereocenters. The largest absolute Gasteiger partial charge is 0.485 e. The summed E-state index contributed by atoms with van der Waals surface area (Å²) in [6.07, 6.45) is 0.394. The topological polar surface area (TPSA) is 58.6 Å². The van der Waals surface area contributed by atoms with Gasteiger partial charge in [-0.25, -0.2) is 4.79 Å². The van der Waals surface area contributed by atoms with Gasteiger partial charge >= 0.3 is 6.09 Å². The third-order valence-electron chi connectivity index (χ3n) is 3.45. The molecule has 0 radical (unpaired) electrons. The van der Waals surface area contributed by atoms with E-state index in [0.717, 1.165) is 29.7 Å². The van der Waals surface area contributed by atoms with Crippen molar-refractivity contribution in [2.24, 2.45) is 0 Å². The van der Waals surface area contributed by atoms with Crippen LogP contribution in [-0.2, 0) is 0 Å². The molecule has 0 aliphatic carbocycles. The maximum absolute atomic E-state index is 10.5. The molecule has 0 aliphatic rings. The zero-order valence-corrected chi connectivity index (χ0v) is 12.7. The van der Waals surface area contributed by atoms with E-state index < -0.39 is 6.09 Å². The standard InChI is InChI=1S/C18H21NO3/c1-14-8-5-6-11-16(14)22-17(12-7-13-19-18(20)21)15-9-3-2-4-10-15/h2-6,8-11,17,19H,7,12-13H2,1H3,(H,20,21). The van der Waals surface area contributed by atoms with E-state index in [0.29, 0.717) is 6.54 Å². The number of rotatable bonds is 7. The van der Waals surface area contributed by atoms with Crippen LogP contribution in [-0.4, -0.2) is 17.7 Å². The van der Waals surface area contributed by atoms with Crippen LogP contribution >= 0.6 is 0 Å². The van der Waals surface area contributed by atoms with Gasteiger partial charge in [0.2, 0.25) is 0 Å². The van der Waals surface area contributed by atoms with Crippen LogP contribution in [0.25, 0.3) is 0 Å². The van der Waals surface area contributed by atoms with Crippen LogP contribution in [0.1, 0.15) is 30.1 Å². The number of nitrogens with one attached hydrogen (secondary N) is 1. The van der Waals surface area contributed by atoms with Crippen LogP contribution < -0.4 is 10.1 Å². The lowest BCUT2D eigenvalue weighted by molar-refractivity contribution is 0.183. The SMILES string of the molecule is Cc1ccccc1OC(CCCNC(=O)O)c1ccccc1. The van der Waals surface area contributed by atoms with Gasteiger partial charge in [-0.3, -0.25) is 0 Å². The van der Waals surface area contributed by atoms with Gasteiger partial charge < -0.3 is 15.2 Å². The Morgan fingerprint density at radius 1 is 1.14 bits per heavy atom. The molecular weight excluding hydrogens is 278 g/mol. The maximum Gasteiger partial charge on any atom is 0.404 e. The molecule has 2 aromatic carbocycles. The Labute approximate surface area is 130 Å². The van der Waals surface area contributed by atoms with E-state index in [9.17, 15) is 4.79 Å². The van der Waals surface area contributed by atoms with Crippen molar-refractivity contribution in [1.82, 2.24) is 5.32 Å². The molecule has 4 nitrogen and oxygen atoms in total. The number of benzene rings is 2. The Morgan fingerprint density at radius 3 is 2.50 bits per heavy atom. The van der Waals surface area contributed by atoms with Crippen molar-refractivity contribution >= 4 is 6.09 Å². The van der Waals surface area contributed by atoms with Gasteiger partial charge in [0.25, 0.3) is 0 Å². The van der Waals surface area contributed by atoms with Crippen LogP contribution in [0.5, 0.6) is 5.75 Å². The summed E-state index contributed by atoms with van der Waals surface area (Å²) < 4.78 is 6.16. The third-order valence-corrected chi connectivity index (χ3v) is 3.45. The summed E-state index contributed by atoms with van der Waals surface area (Å²) in [6.45, 7) is 2.44. The Kier molecular flexibility index (Phi) is 5.83. The number of para-hydroxylation sites is 1. The van der Waals surface area contributed by atoms with Crippen LogP contribution in [0.2, 0.25) is 0 Å². The van der Waals surface area contributed by atoms with Gasteiger partial charge in [0, 0.05) is 6.54 Å². The zero-order valence-electron chi connectivity index (χ0n) is 12.7. The van der Waals surface area contributed by atoms with Gasteiger partial charge in [0.1, 0.15) is 11.9 Å². The van der Waals surface area contributed by atoms with E-state index in [2.05, 4.69) is 5.32 Å². The first-order valence-electron chi connectivity index (χ1n) is 7.41. The van der Waals surface area contributed by atoms with E-state index in [-0.39, 0.29) is 6.10 Å². The highest BCUT2D eigenvalue weighted by Crippen LogP contribution is 2.27. The minimum atomic E-state index is -0.990.